The lowest BCUT2D eigenvalue weighted by Gasteiger charge is -2.41. The van der Waals surface area contributed by atoms with Gasteiger partial charge in [0.2, 0.25) is 0 Å². The van der Waals surface area contributed by atoms with Gasteiger partial charge in [0.25, 0.3) is 5.91 Å². The van der Waals surface area contributed by atoms with Gasteiger partial charge < -0.3 is 10.1 Å². The van der Waals surface area contributed by atoms with Gasteiger partial charge in [-0.25, -0.2) is 0 Å². The lowest BCUT2D eigenvalue weighted by atomic mass is 9.69. The van der Waals surface area contributed by atoms with E-state index in [2.05, 4.69) is 15.5 Å². The Morgan fingerprint density at radius 2 is 2.09 bits per heavy atom. The lowest BCUT2D eigenvalue weighted by Crippen LogP contribution is -2.45. The highest BCUT2D eigenvalue weighted by atomic mass is 16.5. The first-order valence-electron chi connectivity index (χ1n) is 7.59. The Morgan fingerprint density at radius 3 is 2.64 bits per heavy atom. The lowest BCUT2D eigenvalue weighted by molar-refractivity contribution is 0.0180. The molecule has 0 bridgehead atoms. The van der Waals surface area contributed by atoms with Crippen LogP contribution in [0, 0.1) is 5.41 Å². The number of nitrogens with one attached hydrogen (secondary N) is 2. The first-order chi connectivity index (χ1) is 10.7. The van der Waals surface area contributed by atoms with Gasteiger partial charge in [0, 0.05) is 30.8 Å². The van der Waals surface area contributed by atoms with Crippen molar-refractivity contribution >= 4 is 5.91 Å². The zero-order valence-corrected chi connectivity index (χ0v) is 12.8. The van der Waals surface area contributed by atoms with Crippen molar-refractivity contribution in [2.75, 3.05) is 20.3 Å². The highest BCUT2D eigenvalue weighted by molar-refractivity contribution is 5.94. The number of carbonyl (C=O) groups is 1. The summed E-state index contributed by atoms with van der Waals surface area (Å²) in [5.74, 6) is -0.0291. The van der Waals surface area contributed by atoms with Gasteiger partial charge in [-0.2, -0.15) is 5.10 Å². The summed E-state index contributed by atoms with van der Waals surface area (Å²) in [6, 6.07) is 9.44. The number of hydrogen-bond donors (Lipinski definition) is 2. The Morgan fingerprint density at radius 1 is 1.32 bits per heavy atom. The fraction of sp³-hybridized carbons (Fsp3) is 0.412. The second-order valence-corrected chi connectivity index (χ2v) is 6.02. The first kappa shape index (κ1) is 14.8. The fourth-order valence-corrected chi connectivity index (χ4v) is 2.94. The molecular weight excluding hydrogens is 278 g/mol. The molecule has 0 spiro atoms. The van der Waals surface area contributed by atoms with Crippen LogP contribution in [0.3, 0.4) is 0 Å². The molecule has 1 aromatic heterocycles. The van der Waals surface area contributed by atoms with E-state index in [-0.39, 0.29) is 11.3 Å². The highest BCUT2D eigenvalue weighted by Crippen LogP contribution is 2.40. The van der Waals surface area contributed by atoms with Crippen LogP contribution in [0.5, 0.6) is 0 Å². The number of aromatic nitrogens is 2. The van der Waals surface area contributed by atoms with Crippen LogP contribution in [-0.4, -0.2) is 36.4 Å². The van der Waals surface area contributed by atoms with Crippen LogP contribution in [0.15, 0.2) is 36.5 Å². The third-order valence-corrected chi connectivity index (χ3v) is 4.45. The molecule has 5 heteroatoms. The summed E-state index contributed by atoms with van der Waals surface area (Å²) < 4.78 is 5.28. The van der Waals surface area contributed by atoms with E-state index >= 15 is 0 Å². The van der Waals surface area contributed by atoms with E-state index in [1.807, 2.05) is 30.3 Å². The fourth-order valence-electron chi connectivity index (χ4n) is 2.94. The minimum atomic E-state index is -0.0291. The summed E-state index contributed by atoms with van der Waals surface area (Å²) in [6.07, 6.45) is 5.18. The Bertz CT molecular complexity index is 616. The number of hydrogen-bond acceptors (Lipinski definition) is 3. The molecule has 1 aliphatic carbocycles. The first-order valence-corrected chi connectivity index (χ1v) is 7.59. The van der Waals surface area contributed by atoms with Crippen molar-refractivity contribution in [1.82, 2.24) is 15.5 Å². The second kappa shape index (κ2) is 6.32. The van der Waals surface area contributed by atoms with Crippen molar-refractivity contribution in [3.05, 3.63) is 42.1 Å². The number of H-pyrrole nitrogens is 1. The third-order valence-electron chi connectivity index (χ3n) is 4.45. The van der Waals surface area contributed by atoms with Crippen molar-refractivity contribution in [3.63, 3.8) is 0 Å². The Kier molecular flexibility index (Phi) is 4.24. The molecule has 2 aromatic rings. The summed E-state index contributed by atoms with van der Waals surface area (Å²) in [4.78, 5) is 12.3. The van der Waals surface area contributed by atoms with Crippen molar-refractivity contribution in [3.8, 4) is 11.3 Å². The highest BCUT2D eigenvalue weighted by Gasteiger charge is 2.37. The number of carbonyl (C=O) groups excluding carboxylic acids is 1. The van der Waals surface area contributed by atoms with E-state index in [9.17, 15) is 4.79 Å². The van der Waals surface area contributed by atoms with Crippen LogP contribution in [-0.2, 0) is 4.74 Å². The van der Waals surface area contributed by atoms with E-state index in [1.54, 1.807) is 13.3 Å². The van der Waals surface area contributed by atoms with Crippen LogP contribution in [0.1, 0.15) is 29.6 Å². The Labute approximate surface area is 130 Å². The summed E-state index contributed by atoms with van der Waals surface area (Å²) in [7, 11) is 1.72. The molecule has 0 atom stereocenters. The van der Waals surface area contributed by atoms with E-state index in [4.69, 9.17) is 4.74 Å². The van der Waals surface area contributed by atoms with E-state index in [0.717, 1.165) is 24.1 Å². The molecule has 1 fully saturated rings. The van der Waals surface area contributed by atoms with Crippen LogP contribution >= 0.6 is 0 Å². The SMILES string of the molecule is COCC1(CNC(=O)c2ccc(-c3ccn[nH]3)cc2)CCC1. The summed E-state index contributed by atoms with van der Waals surface area (Å²) >= 11 is 0. The average Bonchev–Trinajstić information content (AvgIpc) is 3.04. The third kappa shape index (κ3) is 3.04. The molecule has 0 aliphatic heterocycles. The number of rotatable bonds is 6. The molecule has 1 aromatic carbocycles. The molecule has 1 amide bonds. The molecule has 3 rings (SSSR count). The summed E-state index contributed by atoms with van der Waals surface area (Å²) in [6.45, 7) is 1.40. The predicted molar refractivity (Wildman–Crippen MR) is 84.5 cm³/mol. The van der Waals surface area contributed by atoms with Gasteiger partial charge in [0.05, 0.1) is 12.3 Å². The molecule has 5 nitrogen and oxygen atoms in total. The number of methoxy groups -OCH3 is 1. The molecule has 0 radical (unpaired) electrons. The quantitative estimate of drug-likeness (QED) is 0.861. The number of aromatic amines is 1. The smallest absolute Gasteiger partial charge is 0.251 e. The maximum atomic E-state index is 12.3. The van der Waals surface area contributed by atoms with Crippen LogP contribution in [0.2, 0.25) is 0 Å². The molecular formula is C17H21N3O2. The van der Waals surface area contributed by atoms with Gasteiger partial charge in [-0.05, 0) is 36.6 Å². The minimum absolute atomic E-state index is 0.0291. The maximum absolute atomic E-state index is 12.3. The summed E-state index contributed by atoms with van der Waals surface area (Å²) in [5, 5.41) is 9.88. The number of benzene rings is 1. The molecule has 1 heterocycles. The van der Waals surface area contributed by atoms with Gasteiger partial charge in [-0.3, -0.25) is 9.89 Å². The van der Waals surface area contributed by atoms with Crippen LogP contribution in [0.4, 0.5) is 0 Å². The molecule has 2 N–H and O–H groups in total. The molecule has 116 valence electrons. The zero-order chi connectivity index (χ0) is 15.4. The van der Waals surface area contributed by atoms with Crippen molar-refractivity contribution in [2.24, 2.45) is 5.41 Å². The van der Waals surface area contributed by atoms with E-state index in [0.29, 0.717) is 18.7 Å². The molecule has 22 heavy (non-hydrogen) atoms. The normalized spacial score (nSPS) is 16.0. The van der Waals surface area contributed by atoms with Gasteiger partial charge in [0.15, 0.2) is 0 Å². The topological polar surface area (TPSA) is 67.0 Å². The van der Waals surface area contributed by atoms with Crippen molar-refractivity contribution in [2.45, 2.75) is 19.3 Å². The molecule has 1 aliphatic rings. The standard InChI is InChI=1S/C17H21N3O2/c1-22-12-17(8-2-9-17)11-18-16(21)14-5-3-13(4-6-14)15-7-10-19-20-15/h3-7,10H,2,8-9,11-12H2,1H3,(H,18,21)(H,19,20). The van der Waals surface area contributed by atoms with Crippen LogP contribution < -0.4 is 5.32 Å². The molecule has 0 unspecified atom stereocenters. The number of amides is 1. The van der Waals surface area contributed by atoms with Crippen LogP contribution in [0.25, 0.3) is 11.3 Å². The van der Waals surface area contributed by atoms with Gasteiger partial charge in [-0.15, -0.1) is 0 Å². The monoisotopic (exact) mass is 299 g/mol. The van der Waals surface area contributed by atoms with Gasteiger partial charge in [-0.1, -0.05) is 18.6 Å². The largest absolute Gasteiger partial charge is 0.384 e. The van der Waals surface area contributed by atoms with Crippen molar-refractivity contribution in [1.29, 1.82) is 0 Å². The average molecular weight is 299 g/mol. The zero-order valence-electron chi connectivity index (χ0n) is 12.8. The number of nitrogens with zero attached hydrogens (tertiary/aromatic N) is 1. The van der Waals surface area contributed by atoms with E-state index < -0.39 is 0 Å². The Hall–Kier alpha value is -2.14. The van der Waals surface area contributed by atoms with E-state index in [1.165, 1.54) is 6.42 Å². The second-order valence-electron chi connectivity index (χ2n) is 6.02. The predicted octanol–water partition coefficient (Wildman–Crippen LogP) is 2.62. The molecule has 1 saturated carbocycles. The Balaban J connectivity index is 1.60. The minimum Gasteiger partial charge on any atom is -0.384 e. The number of ether oxygens (including phenoxy) is 1. The summed E-state index contributed by atoms with van der Waals surface area (Å²) in [5.41, 5.74) is 2.78. The maximum Gasteiger partial charge on any atom is 0.251 e. The van der Waals surface area contributed by atoms with Gasteiger partial charge >= 0.3 is 0 Å². The molecule has 0 saturated heterocycles. The van der Waals surface area contributed by atoms with Crippen molar-refractivity contribution < 1.29 is 9.53 Å². The van der Waals surface area contributed by atoms with Gasteiger partial charge in [0.1, 0.15) is 0 Å².